The van der Waals surface area contributed by atoms with E-state index in [2.05, 4.69) is 10.5 Å². The number of thiocarbonyl (C=S) groups is 1. The van der Waals surface area contributed by atoms with Crippen LogP contribution in [-0.4, -0.2) is 16.1 Å². The molecule has 1 heterocycles. The predicted molar refractivity (Wildman–Crippen MR) is 79.1 cm³/mol. The third-order valence-corrected chi connectivity index (χ3v) is 3.04. The van der Waals surface area contributed by atoms with Gasteiger partial charge in [0.05, 0.1) is 11.5 Å². The second kappa shape index (κ2) is 6.29. The maximum atomic E-state index is 12.2. The molecule has 0 saturated carbocycles. The van der Waals surface area contributed by atoms with E-state index in [9.17, 15) is 4.79 Å². The van der Waals surface area contributed by atoms with Gasteiger partial charge < -0.3 is 15.6 Å². The number of amides is 1. The summed E-state index contributed by atoms with van der Waals surface area (Å²) in [7, 11) is 0. The van der Waals surface area contributed by atoms with Gasteiger partial charge in [-0.2, -0.15) is 0 Å². The first kappa shape index (κ1) is 14.2. The van der Waals surface area contributed by atoms with Crippen LogP contribution in [0.2, 0.25) is 0 Å². The highest BCUT2D eigenvalue weighted by atomic mass is 32.1. The normalized spacial score (nSPS) is 11.8. The molecule has 1 atom stereocenters. The van der Waals surface area contributed by atoms with Gasteiger partial charge in [0.25, 0.3) is 0 Å². The summed E-state index contributed by atoms with van der Waals surface area (Å²) in [6.07, 6.45) is 0. The molecule has 0 bridgehead atoms. The molecule has 1 aromatic heterocycles. The van der Waals surface area contributed by atoms with E-state index in [-0.39, 0.29) is 17.4 Å². The van der Waals surface area contributed by atoms with Crippen LogP contribution in [-0.2, 0) is 11.3 Å². The van der Waals surface area contributed by atoms with Crippen molar-refractivity contribution >= 4 is 23.1 Å². The third-order valence-electron chi connectivity index (χ3n) is 2.80. The summed E-state index contributed by atoms with van der Waals surface area (Å²) in [4.78, 5) is 12.4. The van der Waals surface area contributed by atoms with Crippen LogP contribution in [0.15, 0.2) is 40.9 Å². The molecule has 1 aromatic carbocycles. The number of aryl methyl sites for hydroxylation is 1. The number of nitrogens with two attached hydrogens (primary N) is 1. The lowest BCUT2D eigenvalue weighted by atomic mass is 9.98. The molecule has 6 heteroatoms. The quantitative estimate of drug-likeness (QED) is 0.818. The second-order valence-electron chi connectivity index (χ2n) is 4.39. The zero-order chi connectivity index (χ0) is 14.5. The Kier molecular flexibility index (Phi) is 4.47. The number of hydrogen-bond acceptors (Lipinski definition) is 4. The molecular formula is C14H15N3O2S. The van der Waals surface area contributed by atoms with Gasteiger partial charge >= 0.3 is 0 Å². The minimum absolute atomic E-state index is 0.144. The molecule has 0 aliphatic heterocycles. The van der Waals surface area contributed by atoms with E-state index in [1.807, 2.05) is 30.3 Å². The largest absolute Gasteiger partial charge is 0.392 e. The van der Waals surface area contributed by atoms with Crippen molar-refractivity contribution in [2.75, 3.05) is 0 Å². The summed E-state index contributed by atoms with van der Waals surface area (Å²) in [6.45, 7) is 2.07. The molecule has 0 aliphatic rings. The number of carbonyl (C=O) groups is 1. The van der Waals surface area contributed by atoms with Crippen LogP contribution in [0.4, 0.5) is 0 Å². The fourth-order valence-electron chi connectivity index (χ4n) is 1.87. The molecule has 1 amide bonds. The Balaban J connectivity index is 2.06. The van der Waals surface area contributed by atoms with Gasteiger partial charge in [0.1, 0.15) is 17.4 Å². The molecule has 0 aliphatic carbocycles. The van der Waals surface area contributed by atoms with E-state index in [0.29, 0.717) is 11.5 Å². The zero-order valence-corrected chi connectivity index (χ0v) is 11.8. The third kappa shape index (κ3) is 3.42. The Labute approximate surface area is 122 Å². The fraction of sp³-hybridized carbons (Fsp3) is 0.214. The topological polar surface area (TPSA) is 81.2 Å². The van der Waals surface area contributed by atoms with Crippen molar-refractivity contribution in [3.63, 3.8) is 0 Å². The SMILES string of the molecule is Cc1cc(CNC(=O)C(C(N)=S)c2ccccc2)no1. The lowest BCUT2D eigenvalue weighted by molar-refractivity contribution is -0.121. The minimum atomic E-state index is -0.640. The number of nitrogens with one attached hydrogen (secondary N) is 1. The van der Waals surface area contributed by atoms with Crippen molar-refractivity contribution < 1.29 is 9.32 Å². The van der Waals surface area contributed by atoms with Crippen molar-refractivity contribution in [1.82, 2.24) is 10.5 Å². The lowest BCUT2D eigenvalue weighted by Crippen LogP contribution is -2.35. The molecule has 0 spiro atoms. The van der Waals surface area contributed by atoms with Crippen LogP contribution < -0.4 is 11.1 Å². The van der Waals surface area contributed by atoms with Crippen molar-refractivity contribution in [1.29, 1.82) is 0 Å². The molecule has 5 nitrogen and oxygen atoms in total. The molecule has 2 aromatic rings. The Morgan fingerprint density at radius 1 is 1.45 bits per heavy atom. The Bertz CT molecular complexity index is 610. The number of carbonyl (C=O) groups excluding carboxylic acids is 1. The molecule has 1 unspecified atom stereocenters. The molecule has 0 fully saturated rings. The minimum Gasteiger partial charge on any atom is -0.392 e. The average Bonchev–Trinajstić information content (AvgIpc) is 2.83. The highest BCUT2D eigenvalue weighted by molar-refractivity contribution is 7.80. The van der Waals surface area contributed by atoms with Crippen LogP contribution in [0.1, 0.15) is 22.9 Å². The van der Waals surface area contributed by atoms with Crippen LogP contribution in [0, 0.1) is 6.92 Å². The molecule has 3 N–H and O–H groups in total. The van der Waals surface area contributed by atoms with Gasteiger partial charge in [-0.25, -0.2) is 0 Å². The summed E-state index contributed by atoms with van der Waals surface area (Å²) in [6, 6.07) is 11.0. The summed E-state index contributed by atoms with van der Waals surface area (Å²) >= 11 is 4.99. The standard InChI is InChI=1S/C14H15N3O2S/c1-9-7-11(17-19-9)8-16-14(18)12(13(15)20)10-5-3-2-4-6-10/h2-7,12H,8H2,1H3,(H2,15,20)(H,16,18). The number of nitrogens with zero attached hydrogens (tertiary/aromatic N) is 1. The van der Waals surface area contributed by atoms with Crippen LogP contribution >= 0.6 is 12.2 Å². The molecule has 0 radical (unpaired) electrons. The maximum Gasteiger partial charge on any atom is 0.234 e. The van der Waals surface area contributed by atoms with E-state index in [4.69, 9.17) is 22.5 Å². The molecular weight excluding hydrogens is 274 g/mol. The molecule has 0 saturated heterocycles. The summed E-state index contributed by atoms with van der Waals surface area (Å²) in [5.41, 5.74) is 7.11. The zero-order valence-electron chi connectivity index (χ0n) is 11.0. The summed E-state index contributed by atoms with van der Waals surface area (Å²) < 4.78 is 4.94. The van der Waals surface area contributed by atoms with Crippen molar-refractivity contribution in [3.05, 3.63) is 53.4 Å². The van der Waals surface area contributed by atoms with Gasteiger partial charge in [-0.05, 0) is 12.5 Å². The summed E-state index contributed by atoms with van der Waals surface area (Å²) in [5, 5.41) is 6.57. The fourth-order valence-corrected chi connectivity index (χ4v) is 2.11. The van der Waals surface area contributed by atoms with Gasteiger partial charge in [-0.3, -0.25) is 4.79 Å². The van der Waals surface area contributed by atoms with Gasteiger partial charge in [0, 0.05) is 6.07 Å². The highest BCUT2D eigenvalue weighted by Crippen LogP contribution is 2.16. The Morgan fingerprint density at radius 2 is 2.15 bits per heavy atom. The van der Waals surface area contributed by atoms with E-state index in [0.717, 1.165) is 5.56 Å². The molecule has 104 valence electrons. The highest BCUT2D eigenvalue weighted by Gasteiger charge is 2.23. The van der Waals surface area contributed by atoms with Crippen molar-refractivity contribution in [3.8, 4) is 0 Å². The second-order valence-corrected chi connectivity index (χ2v) is 4.86. The van der Waals surface area contributed by atoms with Crippen LogP contribution in [0.3, 0.4) is 0 Å². The molecule has 20 heavy (non-hydrogen) atoms. The number of hydrogen-bond donors (Lipinski definition) is 2. The number of aromatic nitrogens is 1. The summed E-state index contributed by atoms with van der Waals surface area (Å²) in [5.74, 6) is -0.188. The smallest absolute Gasteiger partial charge is 0.234 e. The van der Waals surface area contributed by atoms with Crippen molar-refractivity contribution in [2.45, 2.75) is 19.4 Å². The van der Waals surface area contributed by atoms with Crippen molar-refractivity contribution in [2.24, 2.45) is 5.73 Å². The number of benzene rings is 1. The predicted octanol–water partition coefficient (Wildman–Crippen LogP) is 1.67. The van der Waals surface area contributed by atoms with Crippen LogP contribution in [0.25, 0.3) is 0 Å². The first-order chi connectivity index (χ1) is 9.58. The molecule has 2 rings (SSSR count). The van der Waals surface area contributed by atoms with Gasteiger partial charge in [-0.15, -0.1) is 0 Å². The van der Waals surface area contributed by atoms with E-state index in [1.54, 1.807) is 13.0 Å². The Morgan fingerprint density at radius 3 is 2.70 bits per heavy atom. The van der Waals surface area contributed by atoms with E-state index >= 15 is 0 Å². The van der Waals surface area contributed by atoms with Gasteiger partial charge in [0.2, 0.25) is 5.91 Å². The number of rotatable bonds is 5. The Hall–Kier alpha value is -2.21. The van der Waals surface area contributed by atoms with Crippen LogP contribution in [0.5, 0.6) is 0 Å². The average molecular weight is 289 g/mol. The lowest BCUT2D eigenvalue weighted by Gasteiger charge is -2.15. The van der Waals surface area contributed by atoms with Gasteiger partial charge in [0.15, 0.2) is 0 Å². The van der Waals surface area contributed by atoms with Gasteiger partial charge in [-0.1, -0.05) is 47.7 Å². The maximum absolute atomic E-state index is 12.2. The van der Waals surface area contributed by atoms with E-state index in [1.165, 1.54) is 0 Å². The first-order valence-electron chi connectivity index (χ1n) is 6.12. The first-order valence-corrected chi connectivity index (χ1v) is 6.53. The monoisotopic (exact) mass is 289 g/mol. The van der Waals surface area contributed by atoms with E-state index < -0.39 is 5.92 Å².